The molecule has 0 saturated heterocycles. The first-order valence-electron chi connectivity index (χ1n) is 7.40. The van der Waals surface area contributed by atoms with Crippen molar-refractivity contribution in [1.82, 2.24) is 24.5 Å². The molecule has 1 aliphatic heterocycles. The summed E-state index contributed by atoms with van der Waals surface area (Å²) in [4.78, 5) is 21.0. The van der Waals surface area contributed by atoms with Crippen LogP contribution in [0.1, 0.15) is 22.1 Å². The highest BCUT2D eigenvalue weighted by Crippen LogP contribution is 2.18. The van der Waals surface area contributed by atoms with Gasteiger partial charge < -0.3 is 18.9 Å². The molecule has 0 radical (unpaired) electrons. The smallest absolute Gasteiger partial charge is 0.276 e. The minimum absolute atomic E-state index is 0.0999. The summed E-state index contributed by atoms with van der Waals surface area (Å²) in [5.74, 6) is 1.80. The first kappa shape index (κ1) is 14.8. The molecule has 118 valence electrons. The standard InChI is InChI=1S/C15H21N5O2/c1-11-6-13(17-22-11)15(21)20-9-12(7-18(2)3)8-19-5-4-16-14(19)10-20/h4-6,12H,7-10H2,1-3H3. The van der Waals surface area contributed by atoms with E-state index in [2.05, 4.69) is 19.6 Å². The average molecular weight is 303 g/mol. The number of aromatic nitrogens is 3. The van der Waals surface area contributed by atoms with Crippen molar-refractivity contribution in [3.63, 3.8) is 0 Å². The second-order valence-electron chi connectivity index (χ2n) is 6.13. The van der Waals surface area contributed by atoms with Gasteiger partial charge in [-0.25, -0.2) is 4.98 Å². The van der Waals surface area contributed by atoms with Crippen molar-refractivity contribution in [2.75, 3.05) is 27.2 Å². The molecule has 1 unspecified atom stereocenters. The third-order valence-electron chi connectivity index (χ3n) is 3.83. The molecule has 0 saturated carbocycles. The van der Waals surface area contributed by atoms with E-state index in [0.717, 1.165) is 18.9 Å². The number of amides is 1. The molecule has 7 nitrogen and oxygen atoms in total. The highest BCUT2D eigenvalue weighted by Gasteiger charge is 2.28. The van der Waals surface area contributed by atoms with Crippen molar-refractivity contribution in [2.45, 2.75) is 20.0 Å². The van der Waals surface area contributed by atoms with Crippen molar-refractivity contribution < 1.29 is 9.32 Å². The van der Waals surface area contributed by atoms with E-state index in [9.17, 15) is 4.79 Å². The van der Waals surface area contributed by atoms with Gasteiger partial charge in [-0.3, -0.25) is 4.79 Å². The largest absolute Gasteiger partial charge is 0.361 e. The number of carbonyl (C=O) groups is 1. The third-order valence-corrected chi connectivity index (χ3v) is 3.83. The molecule has 0 aromatic carbocycles. The SMILES string of the molecule is Cc1cc(C(=O)N2Cc3nccn3CC(CN(C)C)C2)no1. The van der Waals surface area contributed by atoms with Crippen LogP contribution in [-0.2, 0) is 13.1 Å². The molecule has 0 fully saturated rings. The lowest BCUT2D eigenvalue weighted by atomic mass is 10.1. The number of fused-ring (bicyclic) bond motifs is 1. The molecule has 1 amide bonds. The lowest BCUT2D eigenvalue weighted by Crippen LogP contribution is -2.37. The number of hydrogen-bond acceptors (Lipinski definition) is 5. The second kappa shape index (κ2) is 5.92. The quantitative estimate of drug-likeness (QED) is 0.846. The summed E-state index contributed by atoms with van der Waals surface area (Å²) in [6.45, 7) is 4.76. The Kier molecular flexibility index (Phi) is 3.98. The van der Waals surface area contributed by atoms with Crippen LogP contribution in [0.5, 0.6) is 0 Å². The summed E-state index contributed by atoms with van der Waals surface area (Å²) in [5.41, 5.74) is 0.362. The molecule has 0 aliphatic carbocycles. The van der Waals surface area contributed by atoms with E-state index < -0.39 is 0 Å². The van der Waals surface area contributed by atoms with Gasteiger partial charge >= 0.3 is 0 Å². The highest BCUT2D eigenvalue weighted by atomic mass is 16.5. The maximum absolute atomic E-state index is 12.7. The first-order chi connectivity index (χ1) is 10.5. The minimum Gasteiger partial charge on any atom is -0.361 e. The van der Waals surface area contributed by atoms with E-state index in [0.29, 0.717) is 30.5 Å². The molecular weight excluding hydrogens is 282 g/mol. The number of nitrogens with zero attached hydrogens (tertiary/aromatic N) is 5. The van der Waals surface area contributed by atoms with Crippen molar-refractivity contribution >= 4 is 5.91 Å². The zero-order valence-electron chi connectivity index (χ0n) is 13.2. The van der Waals surface area contributed by atoms with Gasteiger partial charge in [-0.2, -0.15) is 0 Å². The summed E-state index contributed by atoms with van der Waals surface area (Å²) in [5, 5.41) is 3.85. The Morgan fingerprint density at radius 2 is 2.27 bits per heavy atom. The number of hydrogen-bond donors (Lipinski definition) is 0. The fourth-order valence-electron chi connectivity index (χ4n) is 2.96. The van der Waals surface area contributed by atoms with Gasteiger partial charge in [-0.1, -0.05) is 5.16 Å². The van der Waals surface area contributed by atoms with Crippen molar-refractivity contribution in [3.05, 3.63) is 35.7 Å². The highest BCUT2D eigenvalue weighted by molar-refractivity contribution is 5.92. The Morgan fingerprint density at radius 3 is 2.95 bits per heavy atom. The van der Waals surface area contributed by atoms with Gasteiger partial charge in [0, 0.05) is 44.0 Å². The van der Waals surface area contributed by atoms with Gasteiger partial charge in [0.2, 0.25) is 0 Å². The van der Waals surface area contributed by atoms with Gasteiger partial charge in [0.25, 0.3) is 5.91 Å². The Morgan fingerprint density at radius 1 is 1.45 bits per heavy atom. The van der Waals surface area contributed by atoms with E-state index in [4.69, 9.17) is 4.52 Å². The fraction of sp³-hybridized carbons (Fsp3) is 0.533. The van der Waals surface area contributed by atoms with E-state index in [-0.39, 0.29) is 5.91 Å². The van der Waals surface area contributed by atoms with Crippen LogP contribution in [0.25, 0.3) is 0 Å². The van der Waals surface area contributed by atoms with E-state index >= 15 is 0 Å². The van der Waals surface area contributed by atoms with E-state index in [1.165, 1.54) is 0 Å². The van der Waals surface area contributed by atoms with Crippen LogP contribution in [0.4, 0.5) is 0 Å². The van der Waals surface area contributed by atoms with Crippen LogP contribution in [-0.4, -0.2) is 57.6 Å². The maximum atomic E-state index is 12.7. The Bertz CT molecular complexity index is 660. The Hall–Kier alpha value is -2.15. The molecule has 0 bridgehead atoms. The van der Waals surface area contributed by atoms with Crippen molar-refractivity contribution in [1.29, 1.82) is 0 Å². The molecule has 0 spiro atoms. The molecule has 22 heavy (non-hydrogen) atoms. The fourth-order valence-corrected chi connectivity index (χ4v) is 2.96. The predicted octanol–water partition coefficient (Wildman–Crippen LogP) is 1.01. The summed E-state index contributed by atoms with van der Waals surface area (Å²) >= 11 is 0. The molecule has 7 heteroatoms. The molecular formula is C15H21N5O2. The zero-order valence-corrected chi connectivity index (χ0v) is 13.2. The van der Waals surface area contributed by atoms with E-state index in [1.807, 2.05) is 25.2 Å². The summed E-state index contributed by atoms with van der Waals surface area (Å²) in [6.07, 6.45) is 3.77. The van der Waals surface area contributed by atoms with Gasteiger partial charge in [0.15, 0.2) is 5.69 Å². The zero-order chi connectivity index (χ0) is 15.7. The Labute approximate surface area is 129 Å². The molecule has 3 heterocycles. The van der Waals surface area contributed by atoms with Crippen LogP contribution < -0.4 is 0 Å². The lowest BCUT2D eigenvalue weighted by molar-refractivity contribution is 0.0699. The van der Waals surface area contributed by atoms with E-state index in [1.54, 1.807) is 19.2 Å². The van der Waals surface area contributed by atoms with Crippen LogP contribution in [0, 0.1) is 12.8 Å². The number of rotatable bonds is 3. The van der Waals surface area contributed by atoms with Crippen LogP contribution in [0.2, 0.25) is 0 Å². The molecule has 1 atom stereocenters. The maximum Gasteiger partial charge on any atom is 0.276 e. The summed E-state index contributed by atoms with van der Waals surface area (Å²) in [6, 6.07) is 1.68. The van der Waals surface area contributed by atoms with Gasteiger partial charge in [-0.15, -0.1) is 0 Å². The van der Waals surface area contributed by atoms with Gasteiger partial charge in [-0.05, 0) is 21.0 Å². The van der Waals surface area contributed by atoms with Crippen LogP contribution in [0.15, 0.2) is 23.0 Å². The van der Waals surface area contributed by atoms with Gasteiger partial charge in [0.05, 0.1) is 6.54 Å². The van der Waals surface area contributed by atoms with Crippen LogP contribution in [0.3, 0.4) is 0 Å². The summed E-state index contributed by atoms with van der Waals surface area (Å²) in [7, 11) is 4.10. The van der Waals surface area contributed by atoms with Crippen molar-refractivity contribution in [3.8, 4) is 0 Å². The normalized spacial score (nSPS) is 18.4. The predicted molar refractivity (Wildman–Crippen MR) is 80.3 cm³/mol. The van der Waals surface area contributed by atoms with Crippen LogP contribution >= 0.6 is 0 Å². The average Bonchev–Trinajstić information content (AvgIpc) is 3.03. The summed E-state index contributed by atoms with van der Waals surface area (Å²) < 4.78 is 7.16. The topological polar surface area (TPSA) is 67.4 Å². The lowest BCUT2D eigenvalue weighted by Gasteiger charge is -2.25. The molecule has 2 aromatic rings. The number of imidazole rings is 1. The first-order valence-corrected chi connectivity index (χ1v) is 7.40. The molecule has 1 aliphatic rings. The monoisotopic (exact) mass is 303 g/mol. The Balaban J connectivity index is 1.85. The molecule has 3 rings (SSSR count). The minimum atomic E-state index is -0.0999. The molecule has 0 N–H and O–H groups in total. The van der Waals surface area contributed by atoms with Gasteiger partial charge in [0.1, 0.15) is 11.6 Å². The third kappa shape index (κ3) is 3.04. The number of carbonyl (C=O) groups excluding carboxylic acids is 1. The second-order valence-corrected chi connectivity index (χ2v) is 6.13. The molecule has 2 aromatic heterocycles. The van der Waals surface area contributed by atoms with Crippen molar-refractivity contribution in [2.24, 2.45) is 5.92 Å². The number of aryl methyl sites for hydroxylation is 1.